The van der Waals surface area contributed by atoms with Crippen LogP contribution in [0.15, 0.2) is 12.1 Å². The van der Waals surface area contributed by atoms with Gasteiger partial charge in [-0.3, -0.25) is 0 Å². The Bertz CT molecular complexity index is 511. The summed E-state index contributed by atoms with van der Waals surface area (Å²) in [5.41, 5.74) is 6.66. The van der Waals surface area contributed by atoms with Gasteiger partial charge in [0.25, 0.3) is 0 Å². The number of aromatic carboxylic acids is 1. The molecule has 0 radical (unpaired) electrons. The summed E-state index contributed by atoms with van der Waals surface area (Å²) in [5, 5.41) is 19.3. The second kappa shape index (κ2) is 5.89. The van der Waals surface area contributed by atoms with E-state index in [2.05, 4.69) is 0 Å². The molecule has 0 saturated carbocycles. The van der Waals surface area contributed by atoms with Gasteiger partial charge >= 0.3 is 5.97 Å². The number of carboxylic acids is 1. The van der Waals surface area contributed by atoms with E-state index in [1.807, 2.05) is 4.90 Å². The molecular weight excluding hydrogens is 280 g/mol. The van der Waals surface area contributed by atoms with Crippen molar-refractivity contribution >= 4 is 28.9 Å². The number of aliphatic hydroxyl groups excluding tert-OH is 1. The number of hydrogen-bond acceptors (Lipinski definition) is 4. The predicted molar refractivity (Wildman–Crippen MR) is 79.4 cm³/mol. The van der Waals surface area contributed by atoms with Crippen molar-refractivity contribution in [3.8, 4) is 0 Å². The molecule has 0 aromatic heterocycles. The Balaban J connectivity index is 2.28. The number of carboxylic acid groups (broad SMARTS) is 1. The van der Waals surface area contributed by atoms with Gasteiger partial charge in [0.2, 0.25) is 0 Å². The molecule has 0 spiro atoms. The van der Waals surface area contributed by atoms with E-state index in [9.17, 15) is 15.0 Å². The van der Waals surface area contributed by atoms with Crippen molar-refractivity contribution in [1.82, 2.24) is 0 Å². The average Bonchev–Trinajstić information content (AvgIpc) is 2.37. The highest BCUT2D eigenvalue weighted by atomic mass is 35.5. The van der Waals surface area contributed by atoms with Gasteiger partial charge in [0.15, 0.2) is 0 Å². The van der Waals surface area contributed by atoms with Crippen molar-refractivity contribution in [2.24, 2.45) is 5.92 Å². The van der Waals surface area contributed by atoms with Crippen molar-refractivity contribution < 1.29 is 15.0 Å². The number of piperidine rings is 1. The molecular formula is C14H19ClN2O3. The molecule has 1 aromatic rings. The third-order valence-electron chi connectivity index (χ3n) is 3.85. The molecule has 0 amide bonds. The van der Waals surface area contributed by atoms with E-state index in [-0.39, 0.29) is 17.6 Å². The number of nitrogens with two attached hydrogens (primary N) is 1. The van der Waals surface area contributed by atoms with Crippen molar-refractivity contribution in [2.75, 3.05) is 23.7 Å². The first kappa shape index (κ1) is 14.9. The number of benzene rings is 1. The van der Waals surface area contributed by atoms with Crippen molar-refractivity contribution in [1.29, 1.82) is 0 Å². The second-order valence-corrected chi connectivity index (χ2v) is 5.68. The lowest BCUT2D eigenvalue weighted by Gasteiger charge is -2.36. The molecule has 0 aliphatic carbocycles. The van der Waals surface area contributed by atoms with E-state index in [1.165, 1.54) is 6.07 Å². The Labute approximate surface area is 122 Å². The van der Waals surface area contributed by atoms with Crippen LogP contribution in [0.5, 0.6) is 0 Å². The van der Waals surface area contributed by atoms with Crippen molar-refractivity contribution in [2.45, 2.75) is 25.9 Å². The summed E-state index contributed by atoms with van der Waals surface area (Å²) < 4.78 is 0. The summed E-state index contributed by atoms with van der Waals surface area (Å²) in [7, 11) is 0. The van der Waals surface area contributed by atoms with E-state index in [4.69, 9.17) is 17.3 Å². The minimum atomic E-state index is -1.04. The molecule has 0 bridgehead atoms. The van der Waals surface area contributed by atoms with E-state index in [0.717, 1.165) is 12.8 Å². The van der Waals surface area contributed by atoms with Crippen molar-refractivity contribution in [3.05, 3.63) is 22.7 Å². The predicted octanol–water partition coefficient (Wildman–Crippen LogP) is 2.22. The Morgan fingerprint density at radius 3 is 2.55 bits per heavy atom. The molecule has 1 saturated heterocycles. The lowest BCUT2D eigenvalue weighted by molar-refractivity contribution is 0.0696. The average molecular weight is 299 g/mol. The highest BCUT2D eigenvalue weighted by Crippen LogP contribution is 2.35. The second-order valence-electron chi connectivity index (χ2n) is 5.27. The topological polar surface area (TPSA) is 86.8 Å². The molecule has 5 nitrogen and oxygen atoms in total. The lowest BCUT2D eigenvalue weighted by atomic mass is 9.91. The van der Waals surface area contributed by atoms with Gasteiger partial charge in [-0.1, -0.05) is 11.6 Å². The fourth-order valence-corrected chi connectivity index (χ4v) is 3.06. The third kappa shape index (κ3) is 2.99. The minimum Gasteiger partial charge on any atom is -0.478 e. The molecule has 1 aromatic carbocycles. The van der Waals surface area contributed by atoms with Gasteiger partial charge in [-0.25, -0.2) is 4.79 Å². The zero-order valence-electron chi connectivity index (χ0n) is 11.3. The van der Waals surface area contributed by atoms with Crippen LogP contribution in [0.25, 0.3) is 0 Å². The number of nitrogens with zero attached hydrogens (tertiary/aromatic N) is 1. The van der Waals surface area contributed by atoms with E-state index in [1.54, 1.807) is 13.0 Å². The summed E-state index contributed by atoms with van der Waals surface area (Å²) in [6, 6.07) is 3.01. The van der Waals surface area contributed by atoms with Gasteiger partial charge in [-0.05, 0) is 37.8 Å². The minimum absolute atomic E-state index is 0.130. The third-order valence-corrected chi connectivity index (χ3v) is 4.14. The van der Waals surface area contributed by atoms with E-state index >= 15 is 0 Å². The van der Waals surface area contributed by atoms with Crippen LogP contribution in [-0.4, -0.2) is 35.4 Å². The Morgan fingerprint density at radius 2 is 2.05 bits per heavy atom. The monoisotopic (exact) mass is 298 g/mol. The molecule has 1 unspecified atom stereocenters. The zero-order chi connectivity index (χ0) is 14.9. The fourth-order valence-electron chi connectivity index (χ4n) is 2.71. The first-order chi connectivity index (χ1) is 9.40. The number of halogens is 1. The van der Waals surface area contributed by atoms with Crippen molar-refractivity contribution in [3.63, 3.8) is 0 Å². The number of carbonyl (C=O) groups is 1. The first-order valence-electron chi connectivity index (χ1n) is 6.65. The number of hydrogen-bond donors (Lipinski definition) is 3. The van der Waals surface area contributed by atoms with Crippen LogP contribution in [0, 0.1) is 5.92 Å². The van der Waals surface area contributed by atoms with Gasteiger partial charge in [0.05, 0.1) is 22.4 Å². The van der Waals surface area contributed by atoms with Crippen LogP contribution in [0.3, 0.4) is 0 Å². The quantitative estimate of drug-likeness (QED) is 0.745. The standard InChI is InChI=1S/C14H19ClN2O3/c1-8(18)9-2-4-17(5-3-9)13-11(14(19)20)6-10(16)7-12(13)15/h6-9,18H,2-5,16H2,1H3,(H,19,20). The van der Waals surface area contributed by atoms with Crippen LogP contribution in [0.1, 0.15) is 30.1 Å². The van der Waals surface area contributed by atoms with Crippen LogP contribution in [-0.2, 0) is 0 Å². The largest absolute Gasteiger partial charge is 0.478 e. The SMILES string of the molecule is CC(O)C1CCN(c2c(Cl)cc(N)cc2C(=O)O)CC1. The summed E-state index contributed by atoms with van der Waals surface area (Å²) in [4.78, 5) is 13.3. The maximum Gasteiger partial charge on any atom is 0.337 e. The van der Waals surface area contributed by atoms with E-state index in [0.29, 0.717) is 29.5 Å². The molecule has 1 heterocycles. The smallest absolute Gasteiger partial charge is 0.337 e. The lowest BCUT2D eigenvalue weighted by Crippen LogP contribution is -2.38. The van der Waals surface area contributed by atoms with E-state index < -0.39 is 5.97 Å². The summed E-state index contributed by atoms with van der Waals surface area (Å²) in [6.45, 7) is 3.15. The Morgan fingerprint density at radius 1 is 1.45 bits per heavy atom. The number of anilines is 2. The van der Waals surface area contributed by atoms with Crippen LogP contribution < -0.4 is 10.6 Å². The van der Waals surface area contributed by atoms with Gasteiger partial charge in [-0.15, -0.1) is 0 Å². The highest BCUT2D eigenvalue weighted by molar-refractivity contribution is 6.34. The first-order valence-corrected chi connectivity index (χ1v) is 7.03. The molecule has 6 heteroatoms. The number of aliphatic hydroxyl groups is 1. The summed E-state index contributed by atoms with van der Waals surface area (Å²) in [5.74, 6) is -0.779. The molecule has 2 rings (SSSR count). The van der Waals surface area contributed by atoms with Gasteiger partial charge in [0, 0.05) is 18.8 Å². The molecule has 110 valence electrons. The molecule has 4 N–H and O–H groups in total. The van der Waals surface area contributed by atoms with Gasteiger partial charge < -0.3 is 20.8 Å². The zero-order valence-corrected chi connectivity index (χ0v) is 12.1. The normalized spacial score (nSPS) is 18.1. The highest BCUT2D eigenvalue weighted by Gasteiger charge is 2.27. The molecule has 1 fully saturated rings. The Hall–Kier alpha value is -1.46. The van der Waals surface area contributed by atoms with Gasteiger partial charge in [0.1, 0.15) is 0 Å². The van der Waals surface area contributed by atoms with Crippen LogP contribution >= 0.6 is 11.6 Å². The Kier molecular flexibility index (Phi) is 4.40. The molecule has 1 atom stereocenters. The van der Waals surface area contributed by atoms with Crippen LogP contribution in [0.2, 0.25) is 5.02 Å². The van der Waals surface area contributed by atoms with Gasteiger partial charge in [-0.2, -0.15) is 0 Å². The molecule has 1 aliphatic heterocycles. The number of rotatable bonds is 3. The fraction of sp³-hybridized carbons (Fsp3) is 0.500. The maximum atomic E-state index is 11.4. The van der Waals surface area contributed by atoms with Crippen LogP contribution in [0.4, 0.5) is 11.4 Å². The summed E-state index contributed by atoms with van der Waals surface area (Å²) in [6.07, 6.45) is 1.30. The molecule has 20 heavy (non-hydrogen) atoms. The summed E-state index contributed by atoms with van der Waals surface area (Å²) >= 11 is 6.18. The molecule has 1 aliphatic rings. The maximum absolute atomic E-state index is 11.4. The number of nitrogen functional groups attached to an aromatic ring is 1.